The molecule has 0 aliphatic rings. The first-order chi connectivity index (χ1) is 12.9. The van der Waals surface area contributed by atoms with Gasteiger partial charge in [-0.3, -0.25) is 9.59 Å². The number of carbonyl (C=O) groups excluding carboxylic acids is 2. The summed E-state index contributed by atoms with van der Waals surface area (Å²) in [6.45, 7) is 3.56. The highest BCUT2D eigenvalue weighted by Crippen LogP contribution is 2.26. The molecule has 0 unspecified atom stereocenters. The molecule has 2 aromatic carbocycles. The monoisotopic (exact) mass is 385 g/mol. The lowest BCUT2D eigenvalue weighted by molar-refractivity contribution is -0.147. The number of esters is 1. The summed E-state index contributed by atoms with van der Waals surface area (Å²) >= 11 is 6.28. The van der Waals surface area contributed by atoms with E-state index in [9.17, 15) is 9.59 Å². The molecule has 0 aliphatic heterocycles. The highest BCUT2D eigenvalue weighted by molar-refractivity contribution is 6.31. The quantitative estimate of drug-likeness (QED) is 0.627. The Morgan fingerprint density at radius 2 is 2.00 bits per heavy atom. The van der Waals surface area contributed by atoms with Gasteiger partial charge in [-0.15, -0.1) is 0 Å². The van der Waals surface area contributed by atoms with E-state index in [4.69, 9.17) is 16.3 Å². The van der Waals surface area contributed by atoms with Gasteiger partial charge in [0.15, 0.2) is 0 Å². The molecule has 1 aromatic heterocycles. The number of aromatic nitrogens is 2. The molecule has 1 atom stereocenters. The molecule has 0 aliphatic carbocycles. The average Bonchev–Trinajstić information content (AvgIpc) is 3.08. The van der Waals surface area contributed by atoms with Gasteiger partial charge in [0.05, 0.1) is 35.9 Å². The third-order valence-electron chi connectivity index (χ3n) is 4.01. The third-order valence-corrected chi connectivity index (χ3v) is 4.35. The average molecular weight is 386 g/mol. The van der Waals surface area contributed by atoms with Gasteiger partial charge in [0.25, 0.3) is 5.91 Å². The second-order valence-corrected chi connectivity index (χ2v) is 6.83. The van der Waals surface area contributed by atoms with Gasteiger partial charge >= 0.3 is 5.97 Å². The smallest absolute Gasteiger partial charge is 0.308 e. The number of hydrogen-bond acceptors (Lipinski definition) is 4. The number of hydrogen-bond donors (Lipinski definition) is 2. The van der Waals surface area contributed by atoms with Crippen LogP contribution in [0.2, 0.25) is 5.02 Å². The fraction of sp³-hybridized carbons (Fsp3) is 0.250. The van der Waals surface area contributed by atoms with Crippen molar-refractivity contribution < 1.29 is 14.3 Å². The predicted molar refractivity (Wildman–Crippen MR) is 104 cm³/mol. The van der Waals surface area contributed by atoms with Gasteiger partial charge in [0.2, 0.25) is 0 Å². The van der Waals surface area contributed by atoms with Crippen LogP contribution in [0.1, 0.15) is 42.2 Å². The van der Waals surface area contributed by atoms with Crippen LogP contribution < -0.4 is 5.32 Å². The summed E-state index contributed by atoms with van der Waals surface area (Å²) < 4.78 is 5.23. The third kappa shape index (κ3) is 4.65. The van der Waals surface area contributed by atoms with E-state index in [0.29, 0.717) is 16.1 Å². The Bertz CT molecular complexity index is 968. The molecule has 0 fully saturated rings. The topological polar surface area (TPSA) is 84.1 Å². The second-order valence-electron chi connectivity index (χ2n) is 6.42. The molecule has 3 rings (SSSR count). The van der Waals surface area contributed by atoms with Crippen molar-refractivity contribution in [3.63, 3.8) is 0 Å². The van der Waals surface area contributed by atoms with E-state index in [1.54, 1.807) is 56.6 Å². The minimum atomic E-state index is -0.602. The van der Waals surface area contributed by atoms with E-state index in [-0.39, 0.29) is 18.4 Å². The van der Waals surface area contributed by atoms with E-state index in [1.807, 2.05) is 6.07 Å². The number of amides is 1. The molecule has 0 bridgehead atoms. The van der Waals surface area contributed by atoms with E-state index >= 15 is 0 Å². The molecular weight excluding hydrogens is 366 g/mol. The predicted octanol–water partition coefficient (Wildman–Crippen LogP) is 4.03. The zero-order chi connectivity index (χ0) is 19.4. The number of ether oxygens (including phenoxy) is 1. The van der Waals surface area contributed by atoms with Crippen LogP contribution in [-0.2, 0) is 9.53 Å². The Morgan fingerprint density at radius 1 is 1.22 bits per heavy atom. The van der Waals surface area contributed by atoms with Crippen molar-refractivity contribution in [1.82, 2.24) is 15.3 Å². The number of imidazole rings is 1. The normalized spacial score (nSPS) is 12.1. The fourth-order valence-corrected chi connectivity index (χ4v) is 3.06. The Kier molecular flexibility index (Phi) is 5.76. The number of carbonyl (C=O) groups is 2. The molecule has 7 heteroatoms. The molecular formula is C20H20ClN3O3. The van der Waals surface area contributed by atoms with Crippen LogP contribution >= 0.6 is 11.6 Å². The number of benzene rings is 2. The first-order valence-electron chi connectivity index (χ1n) is 8.62. The van der Waals surface area contributed by atoms with Crippen molar-refractivity contribution in [2.24, 2.45) is 0 Å². The summed E-state index contributed by atoms with van der Waals surface area (Å²) in [6.07, 6.45) is 1.32. The van der Waals surface area contributed by atoms with Gasteiger partial charge in [-0.25, -0.2) is 4.98 Å². The van der Waals surface area contributed by atoms with Crippen LogP contribution in [0, 0.1) is 0 Å². The summed E-state index contributed by atoms with van der Waals surface area (Å²) in [5.41, 5.74) is 2.66. The van der Waals surface area contributed by atoms with E-state index < -0.39 is 12.0 Å². The Balaban J connectivity index is 1.84. The van der Waals surface area contributed by atoms with Crippen molar-refractivity contribution in [2.45, 2.75) is 32.4 Å². The van der Waals surface area contributed by atoms with Crippen molar-refractivity contribution in [3.05, 3.63) is 64.9 Å². The first-order valence-corrected chi connectivity index (χ1v) is 8.99. The zero-order valence-corrected chi connectivity index (χ0v) is 15.8. The fourth-order valence-electron chi connectivity index (χ4n) is 2.79. The van der Waals surface area contributed by atoms with Crippen molar-refractivity contribution >= 4 is 34.5 Å². The highest BCUT2D eigenvalue weighted by Gasteiger charge is 2.22. The van der Waals surface area contributed by atoms with Crippen LogP contribution in [0.25, 0.3) is 11.0 Å². The number of nitrogens with one attached hydrogen (secondary N) is 2. The maximum absolute atomic E-state index is 12.8. The molecule has 27 heavy (non-hydrogen) atoms. The van der Waals surface area contributed by atoms with Crippen LogP contribution in [0.15, 0.2) is 48.8 Å². The van der Waals surface area contributed by atoms with E-state index in [1.165, 1.54) is 0 Å². The number of H-pyrrole nitrogens is 1. The van der Waals surface area contributed by atoms with Crippen LogP contribution in [0.3, 0.4) is 0 Å². The standard InChI is InChI=1S/C20H20ClN3O3/c1-12(2)27-19(25)10-17(14-5-3-4-6-15(14)21)24-20(26)13-7-8-16-18(9-13)23-11-22-16/h3-9,11-12,17H,10H2,1-2H3,(H,22,23)(H,24,26)/t17-/m1/s1. The number of rotatable bonds is 6. The number of aromatic amines is 1. The Morgan fingerprint density at radius 3 is 2.74 bits per heavy atom. The van der Waals surface area contributed by atoms with E-state index in [0.717, 1.165) is 11.0 Å². The maximum atomic E-state index is 12.8. The molecule has 1 heterocycles. The van der Waals surface area contributed by atoms with Crippen molar-refractivity contribution in [3.8, 4) is 0 Å². The molecule has 1 amide bonds. The number of fused-ring (bicyclic) bond motifs is 1. The van der Waals surface area contributed by atoms with E-state index in [2.05, 4.69) is 15.3 Å². The summed E-state index contributed by atoms with van der Waals surface area (Å²) in [5, 5.41) is 3.37. The number of nitrogens with zero attached hydrogens (tertiary/aromatic N) is 1. The van der Waals surface area contributed by atoms with Crippen molar-refractivity contribution in [1.29, 1.82) is 0 Å². The minimum absolute atomic E-state index is 0.0139. The highest BCUT2D eigenvalue weighted by atomic mass is 35.5. The van der Waals surface area contributed by atoms with Gasteiger partial charge in [-0.2, -0.15) is 0 Å². The molecule has 0 saturated heterocycles. The Labute approximate surface area is 161 Å². The van der Waals surface area contributed by atoms with Crippen LogP contribution in [-0.4, -0.2) is 27.9 Å². The van der Waals surface area contributed by atoms with Crippen LogP contribution in [0.4, 0.5) is 0 Å². The summed E-state index contributed by atoms with van der Waals surface area (Å²) in [7, 11) is 0. The molecule has 0 saturated carbocycles. The Hall–Kier alpha value is -2.86. The van der Waals surface area contributed by atoms with Gasteiger partial charge < -0.3 is 15.0 Å². The van der Waals surface area contributed by atoms with Crippen LogP contribution in [0.5, 0.6) is 0 Å². The van der Waals surface area contributed by atoms with Gasteiger partial charge in [-0.1, -0.05) is 29.8 Å². The van der Waals surface area contributed by atoms with Gasteiger partial charge in [0.1, 0.15) is 0 Å². The summed E-state index contributed by atoms with van der Waals surface area (Å²) in [4.78, 5) is 32.1. The van der Waals surface area contributed by atoms with Gasteiger partial charge in [0, 0.05) is 10.6 Å². The second kappa shape index (κ2) is 8.22. The maximum Gasteiger partial charge on any atom is 0.308 e. The zero-order valence-electron chi connectivity index (χ0n) is 15.0. The van der Waals surface area contributed by atoms with Crippen molar-refractivity contribution in [2.75, 3.05) is 0 Å². The largest absolute Gasteiger partial charge is 0.463 e. The number of halogens is 1. The molecule has 6 nitrogen and oxygen atoms in total. The molecule has 2 N–H and O–H groups in total. The minimum Gasteiger partial charge on any atom is -0.463 e. The first kappa shape index (κ1) is 18.9. The molecule has 3 aromatic rings. The summed E-state index contributed by atoms with van der Waals surface area (Å²) in [5.74, 6) is -0.715. The lowest BCUT2D eigenvalue weighted by atomic mass is 10.0. The molecule has 0 radical (unpaired) electrons. The summed E-state index contributed by atoms with van der Waals surface area (Å²) in [6, 6.07) is 11.7. The molecule has 140 valence electrons. The lowest BCUT2D eigenvalue weighted by Gasteiger charge is -2.20. The SMILES string of the molecule is CC(C)OC(=O)C[C@@H](NC(=O)c1ccc2nc[nH]c2c1)c1ccccc1Cl. The van der Waals surface area contributed by atoms with Gasteiger partial charge in [-0.05, 0) is 43.7 Å². The lowest BCUT2D eigenvalue weighted by Crippen LogP contribution is -2.31. The molecule has 0 spiro atoms.